The number of aryl methyl sites for hydroxylation is 4. The number of aromatic nitrogens is 2. The van der Waals surface area contributed by atoms with Crippen LogP contribution in [0, 0.1) is 13.8 Å². The maximum Gasteiger partial charge on any atom is 0.219 e. The largest absolute Gasteiger partial charge is 0.493 e. The van der Waals surface area contributed by atoms with E-state index in [1.54, 1.807) is 18.9 Å². The van der Waals surface area contributed by atoms with Gasteiger partial charge >= 0.3 is 0 Å². The molecular formula is C32H44N4O5. The smallest absolute Gasteiger partial charge is 0.219 e. The fraction of sp³-hybridized carbons (Fsp3) is 0.500. The molecule has 0 bridgehead atoms. The lowest BCUT2D eigenvalue weighted by molar-refractivity contribution is -0.132. The van der Waals surface area contributed by atoms with Gasteiger partial charge in [-0.25, -0.2) is 4.98 Å². The van der Waals surface area contributed by atoms with E-state index < -0.39 is 5.60 Å². The molecule has 3 aromatic rings. The molecule has 1 atom stereocenters. The van der Waals surface area contributed by atoms with Gasteiger partial charge in [-0.15, -0.1) is 0 Å². The molecule has 0 saturated carbocycles. The van der Waals surface area contributed by atoms with Crippen LogP contribution < -0.4 is 14.2 Å². The lowest BCUT2D eigenvalue weighted by atomic mass is 10.0. The molecule has 1 amide bonds. The van der Waals surface area contributed by atoms with Gasteiger partial charge in [0, 0.05) is 58.5 Å². The zero-order valence-corrected chi connectivity index (χ0v) is 25.1. The Morgan fingerprint density at radius 2 is 1.88 bits per heavy atom. The van der Waals surface area contributed by atoms with Crippen molar-refractivity contribution in [3.63, 3.8) is 0 Å². The molecule has 2 heterocycles. The molecule has 41 heavy (non-hydrogen) atoms. The second kappa shape index (κ2) is 13.9. The van der Waals surface area contributed by atoms with Crippen molar-refractivity contribution in [1.29, 1.82) is 0 Å². The number of benzene rings is 2. The minimum absolute atomic E-state index is 0.0571. The number of imidazole rings is 1. The molecule has 1 aliphatic heterocycles. The van der Waals surface area contributed by atoms with E-state index >= 15 is 0 Å². The van der Waals surface area contributed by atoms with Gasteiger partial charge in [-0.05, 0) is 61.2 Å². The van der Waals surface area contributed by atoms with Gasteiger partial charge in [0.15, 0.2) is 11.5 Å². The lowest BCUT2D eigenvalue weighted by Crippen LogP contribution is -2.51. The summed E-state index contributed by atoms with van der Waals surface area (Å²) in [5, 5.41) is 11.7. The second-order valence-corrected chi connectivity index (χ2v) is 11.0. The maximum absolute atomic E-state index is 12.3. The van der Waals surface area contributed by atoms with Crippen molar-refractivity contribution in [3.05, 3.63) is 71.3 Å². The van der Waals surface area contributed by atoms with Crippen molar-refractivity contribution in [2.45, 2.75) is 59.2 Å². The van der Waals surface area contributed by atoms with E-state index in [9.17, 15) is 9.90 Å². The molecule has 0 radical (unpaired) electrons. The maximum atomic E-state index is 12.3. The van der Waals surface area contributed by atoms with Crippen LogP contribution in [0.25, 0.3) is 0 Å². The average Bonchev–Trinajstić information content (AvgIpc) is 3.34. The third kappa shape index (κ3) is 8.24. The van der Waals surface area contributed by atoms with E-state index in [0.717, 1.165) is 36.3 Å². The summed E-state index contributed by atoms with van der Waals surface area (Å²) in [6.45, 7) is 11.6. The summed E-state index contributed by atoms with van der Waals surface area (Å²) in [5.74, 6) is 3.10. The van der Waals surface area contributed by atoms with Crippen LogP contribution in [0.2, 0.25) is 0 Å². The molecule has 0 spiro atoms. The van der Waals surface area contributed by atoms with Crippen LogP contribution in [0.4, 0.5) is 0 Å². The molecule has 1 aromatic heterocycles. The highest BCUT2D eigenvalue weighted by atomic mass is 16.5. The van der Waals surface area contributed by atoms with Crippen molar-refractivity contribution >= 4 is 5.91 Å². The summed E-state index contributed by atoms with van der Waals surface area (Å²) in [7, 11) is 1.64. The Morgan fingerprint density at radius 1 is 1.05 bits per heavy atom. The molecule has 4 rings (SSSR count). The Labute approximate surface area is 243 Å². The van der Waals surface area contributed by atoms with Crippen LogP contribution in [0.5, 0.6) is 17.2 Å². The van der Waals surface area contributed by atoms with Crippen molar-refractivity contribution < 1.29 is 24.1 Å². The molecule has 0 unspecified atom stereocenters. The number of carbonyl (C=O) groups excluding carboxylic acids is 1. The van der Waals surface area contributed by atoms with Crippen molar-refractivity contribution in [1.82, 2.24) is 19.4 Å². The molecule has 222 valence electrons. The molecule has 1 N–H and O–H groups in total. The van der Waals surface area contributed by atoms with Gasteiger partial charge in [-0.2, -0.15) is 0 Å². The van der Waals surface area contributed by atoms with E-state index in [0.29, 0.717) is 50.0 Å². The van der Waals surface area contributed by atoms with Gasteiger partial charge < -0.3 is 28.8 Å². The number of aliphatic hydroxyl groups is 1. The standard InChI is InChI=1S/C32H44N4O5/c1-6-31-33-12-14-35(31)13-7-17-40-30-19-27(9-11-29(30)39-5)20-34-15-16-36(26(4)37)22-32(38,21-34)23-41-28-10-8-24(2)25(3)18-28/h8-12,14,18-19,38H,6-7,13,15-17,20-23H2,1-5H3/t32-/m1/s1. The highest BCUT2D eigenvalue weighted by molar-refractivity contribution is 5.73. The molecule has 2 aromatic carbocycles. The summed E-state index contributed by atoms with van der Waals surface area (Å²) in [4.78, 5) is 20.6. The summed E-state index contributed by atoms with van der Waals surface area (Å²) in [6, 6.07) is 11.9. The first kappa shape index (κ1) is 30.4. The molecule has 1 fully saturated rings. The van der Waals surface area contributed by atoms with E-state index in [4.69, 9.17) is 14.2 Å². The normalized spacial score (nSPS) is 17.8. The van der Waals surface area contributed by atoms with Gasteiger partial charge in [-0.3, -0.25) is 9.69 Å². The lowest BCUT2D eigenvalue weighted by Gasteiger charge is -2.33. The van der Waals surface area contributed by atoms with Gasteiger partial charge in [0.1, 0.15) is 23.8 Å². The predicted molar refractivity (Wildman–Crippen MR) is 159 cm³/mol. The van der Waals surface area contributed by atoms with Crippen LogP contribution in [0.1, 0.15) is 42.8 Å². The number of nitrogens with zero attached hydrogens (tertiary/aromatic N) is 4. The first-order chi connectivity index (χ1) is 19.7. The molecule has 1 aliphatic rings. The highest BCUT2D eigenvalue weighted by Gasteiger charge is 2.37. The van der Waals surface area contributed by atoms with Crippen LogP contribution in [0.3, 0.4) is 0 Å². The highest BCUT2D eigenvalue weighted by Crippen LogP contribution is 2.29. The molecule has 9 heteroatoms. The number of ether oxygens (including phenoxy) is 3. The second-order valence-electron chi connectivity index (χ2n) is 11.0. The summed E-state index contributed by atoms with van der Waals surface area (Å²) in [5.41, 5.74) is 2.13. The number of β-amino-alcohol motifs (C(OH)–C–C–N with tert-alkyl or cyclic N) is 1. The SMILES string of the molecule is CCc1nccn1CCCOc1cc(CN2CCN(C(C)=O)C[C@@](O)(COc3ccc(C)c(C)c3)C2)ccc1OC. The van der Waals surface area contributed by atoms with Crippen molar-refractivity contribution in [2.75, 3.05) is 46.5 Å². The van der Waals surface area contributed by atoms with Crippen LogP contribution >= 0.6 is 0 Å². The van der Waals surface area contributed by atoms with Gasteiger partial charge in [0.2, 0.25) is 5.91 Å². The first-order valence-electron chi connectivity index (χ1n) is 14.4. The number of carbonyl (C=O) groups is 1. The fourth-order valence-electron chi connectivity index (χ4n) is 5.22. The Bertz CT molecular complexity index is 1310. The zero-order chi connectivity index (χ0) is 29.4. The molecule has 1 saturated heterocycles. The Kier molecular flexibility index (Phi) is 10.3. The Hall–Kier alpha value is -3.56. The van der Waals surface area contributed by atoms with Crippen LogP contribution in [-0.2, 0) is 24.3 Å². The van der Waals surface area contributed by atoms with Gasteiger partial charge in [0.25, 0.3) is 0 Å². The Morgan fingerprint density at radius 3 is 2.61 bits per heavy atom. The summed E-state index contributed by atoms with van der Waals surface area (Å²) < 4.78 is 19.9. The monoisotopic (exact) mass is 564 g/mol. The van der Waals surface area contributed by atoms with Crippen LogP contribution in [0.15, 0.2) is 48.8 Å². The van der Waals surface area contributed by atoms with Crippen molar-refractivity contribution in [3.8, 4) is 17.2 Å². The third-order valence-electron chi connectivity index (χ3n) is 7.67. The number of hydrogen-bond donors (Lipinski definition) is 1. The van der Waals surface area contributed by atoms with E-state index in [1.165, 1.54) is 5.56 Å². The zero-order valence-electron chi connectivity index (χ0n) is 25.1. The molecule has 9 nitrogen and oxygen atoms in total. The molecular weight excluding hydrogens is 520 g/mol. The van der Waals surface area contributed by atoms with Gasteiger partial charge in [-0.1, -0.05) is 19.1 Å². The summed E-state index contributed by atoms with van der Waals surface area (Å²) >= 11 is 0. The van der Waals surface area contributed by atoms with Crippen molar-refractivity contribution in [2.24, 2.45) is 0 Å². The van der Waals surface area contributed by atoms with E-state index in [-0.39, 0.29) is 19.1 Å². The van der Waals surface area contributed by atoms with E-state index in [2.05, 4.69) is 28.3 Å². The topological polar surface area (TPSA) is 89.3 Å². The first-order valence-corrected chi connectivity index (χ1v) is 14.4. The van der Waals surface area contributed by atoms with Gasteiger partial charge in [0.05, 0.1) is 20.3 Å². The Balaban J connectivity index is 1.41. The minimum Gasteiger partial charge on any atom is -0.493 e. The average molecular weight is 565 g/mol. The number of methoxy groups -OCH3 is 1. The summed E-state index contributed by atoms with van der Waals surface area (Å²) in [6.07, 6.45) is 5.58. The fourth-order valence-corrected chi connectivity index (χ4v) is 5.22. The van der Waals surface area contributed by atoms with E-state index in [1.807, 2.05) is 55.7 Å². The van der Waals surface area contributed by atoms with Crippen LogP contribution in [-0.4, -0.2) is 82.5 Å². The number of hydrogen-bond acceptors (Lipinski definition) is 7. The third-order valence-corrected chi connectivity index (χ3v) is 7.67. The quantitative estimate of drug-likeness (QED) is 0.333. The molecule has 0 aliphatic carbocycles. The number of rotatable bonds is 12. The predicted octanol–water partition coefficient (Wildman–Crippen LogP) is 4.01. The number of amides is 1. The minimum atomic E-state index is -1.22.